The van der Waals surface area contributed by atoms with Gasteiger partial charge in [0.15, 0.2) is 5.85 Å². The van der Waals surface area contributed by atoms with E-state index in [-0.39, 0.29) is 6.61 Å². The van der Waals surface area contributed by atoms with Crippen molar-refractivity contribution in [3.63, 3.8) is 0 Å². The van der Waals surface area contributed by atoms with Gasteiger partial charge in [-0.1, -0.05) is 47.3 Å². The first-order chi connectivity index (χ1) is 6.78. The maximum atomic E-state index is 11.9. The minimum absolute atomic E-state index is 0.284. The lowest BCUT2D eigenvalue weighted by molar-refractivity contribution is 0.222. The zero-order valence-electron chi connectivity index (χ0n) is 7.49. The van der Waals surface area contributed by atoms with Crippen molar-refractivity contribution >= 4 is 42.2 Å². The summed E-state index contributed by atoms with van der Waals surface area (Å²) in [6.45, 7) is 2.91. The average molecular weight is 289 g/mol. The van der Waals surface area contributed by atoms with Gasteiger partial charge in [0.1, 0.15) is 6.61 Å². The molecule has 0 aromatic heterocycles. The Labute approximate surface area is 103 Å². The van der Waals surface area contributed by atoms with Gasteiger partial charge >= 0.3 is 0 Å². The van der Waals surface area contributed by atoms with E-state index in [2.05, 4.69) is 18.2 Å². The van der Waals surface area contributed by atoms with Crippen molar-refractivity contribution in [2.75, 3.05) is 6.61 Å². The summed E-state index contributed by atoms with van der Waals surface area (Å²) in [5.74, 6) is 1.18. The van der Waals surface area contributed by atoms with Crippen molar-refractivity contribution in [3.8, 4) is 12.3 Å². The van der Waals surface area contributed by atoms with Crippen LogP contribution in [0.5, 0.6) is 0 Å². The smallest absolute Gasteiger partial charge is 0.265 e. The van der Waals surface area contributed by atoms with Crippen LogP contribution in [0.25, 0.3) is 0 Å². The third-order valence-electron chi connectivity index (χ3n) is 1.25. The number of hydrogen-bond acceptors (Lipinski definition) is 3. The van der Waals surface area contributed by atoms with E-state index in [0.29, 0.717) is 0 Å². The molecule has 1 N–H and O–H groups in total. The molecule has 2 unspecified atom stereocenters. The molecule has 7 heteroatoms. The third-order valence-corrected chi connectivity index (χ3v) is 4.48. The van der Waals surface area contributed by atoms with E-state index >= 15 is 0 Å². The standard InChI is InChI=1S/C8H8Cl3O3P/c1-3-5-14-15(13,6-4-2)7(12)8(9,10)11/h1,6-7,12H,2,5H2. The monoisotopic (exact) mass is 288 g/mol. The topological polar surface area (TPSA) is 46.5 Å². The molecule has 0 saturated carbocycles. The maximum Gasteiger partial charge on any atom is 0.265 e. The highest BCUT2D eigenvalue weighted by Crippen LogP contribution is 2.58. The third kappa shape index (κ3) is 4.64. The quantitative estimate of drug-likeness (QED) is 0.375. The van der Waals surface area contributed by atoms with Gasteiger partial charge in [-0.25, -0.2) is 0 Å². The molecule has 0 aromatic rings. The van der Waals surface area contributed by atoms with E-state index in [4.69, 9.17) is 45.7 Å². The second kappa shape index (κ2) is 5.99. The first-order valence-corrected chi connectivity index (χ1v) is 6.47. The zero-order valence-corrected chi connectivity index (χ0v) is 10.7. The molecule has 0 radical (unpaired) electrons. The number of aliphatic hydroxyl groups excluding tert-OH is 1. The van der Waals surface area contributed by atoms with Gasteiger partial charge in [-0.15, -0.1) is 12.2 Å². The molecule has 0 heterocycles. The van der Waals surface area contributed by atoms with Crippen molar-refractivity contribution in [1.29, 1.82) is 0 Å². The molecule has 0 spiro atoms. The Bertz CT molecular complexity index is 349. The number of aliphatic hydroxyl groups is 1. The van der Waals surface area contributed by atoms with Crippen molar-refractivity contribution < 1.29 is 14.2 Å². The van der Waals surface area contributed by atoms with Gasteiger partial charge in [0.25, 0.3) is 7.37 Å². The summed E-state index contributed by atoms with van der Waals surface area (Å²) in [4.78, 5) is 0. The predicted octanol–water partition coefficient (Wildman–Crippen LogP) is 2.90. The van der Waals surface area contributed by atoms with Crippen molar-refractivity contribution in [2.45, 2.75) is 9.64 Å². The van der Waals surface area contributed by atoms with E-state index in [1.807, 2.05) is 0 Å². The van der Waals surface area contributed by atoms with Crippen LogP contribution in [0, 0.1) is 12.3 Å². The van der Waals surface area contributed by atoms with Crippen molar-refractivity contribution in [1.82, 2.24) is 0 Å². The second-order valence-electron chi connectivity index (χ2n) is 2.37. The van der Waals surface area contributed by atoms with Gasteiger partial charge in [-0.05, 0) is 0 Å². The molecule has 0 aliphatic carbocycles. The van der Waals surface area contributed by atoms with Crippen LogP contribution in [0.2, 0.25) is 0 Å². The lowest BCUT2D eigenvalue weighted by Crippen LogP contribution is -2.25. The fourth-order valence-corrected chi connectivity index (χ4v) is 3.17. The fourth-order valence-electron chi connectivity index (χ4n) is 0.648. The highest BCUT2D eigenvalue weighted by molar-refractivity contribution is 7.63. The largest absolute Gasteiger partial charge is 0.379 e. The molecular formula is C8H8Cl3O3P. The van der Waals surface area contributed by atoms with Crippen LogP contribution >= 0.6 is 42.2 Å². The summed E-state index contributed by atoms with van der Waals surface area (Å²) < 4.78 is 14.6. The molecule has 0 saturated heterocycles. The van der Waals surface area contributed by atoms with E-state index in [1.54, 1.807) is 0 Å². The average Bonchev–Trinajstić information content (AvgIpc) is 2.12. The number of terminal acetylenes is 1. The highest BCUT2D eigenvalue weighted by Gasteiger charge is 2.44. The van der Waals surface area contributed by atoms with Gasteiger partial charge in [0.2, 0.25) is 3.79 Å². The summed E-state index contributed by atoms with van der Waals surface area (Å²) in [6.07, 6.45) is 4.91. The molecule has 0 aliphatic heterocycles. The lowest BCUT2D eigenvalue weighted by atomic mass is 10.8. The van der Waals surface area contributed by atoms with Crippen molar-refractivity contribution in [2.24, 2.45) is 0 Å². The summed E-state index contributed by atoms with van der Waals surface area (Å²) in [5.41, 5.74) is 2.20. The van der Waals surface area contributed by atoms with Gasteiger partial charge < -0.3 is 9.63 Å². The molecule has 15 heavy (non-hydrogen) atoms. The first kappa shape index (κ1) is 15.1. The Morgan fingerprint density at radius 2 is 2.20 bits per heavy atom. The van der Waals surface area contributed by atoms with Crippen LogP contribution in [-0.4, -0.2) is 21.4 Å². The Morgan fingerprint density at radius 3 is 2.53 bits per heavy atom. The van der Waals surface area contributed by atoms with Crippen LogP contribution in [0.1, 0.15) is 0 Å². The normalized spacial score (nSPS) is 17.0. The molecule has 0 amide bonds. The van der Waals surface area contributed by atoms with E-state index in [9.17, 15) is 9.67 Å². The molecule has 0 rings (SSSR count). The first-order valence-electron chi connectivity index (χ1n) is 3.57. The van der Waals surface area contributed by atoms with Crippen molar-refractivity contribution in [3.05, 3.63) is 18.1 Å². The van der Waals surface area contributed by atoms with E-state index in [0.717, 1.165) is 5.82 Å². The molecule has 0 bridgehead atoms. The number of rotatable bonds is 4. The minimum atomic E-state index is -3.73. The van der Waals surface area contributed by atoms with Gasteiger partial charge in [0.05, 0.1) is 0 Å². The van der Waals surface area contributed by atoms with Gasteiger partial charge in [0, 0.05) is 5.82 Å². The van der Waals surface area contributed by atoms with Crippen LogP contribution < -0.4 is 0 Å². The molecular weight excluding hydrogens is 281 g/mol. The van der Waals surface area contributed by atoms with Crippen LogP contribution in [-0.2, 0) is 9.09 Å². The predicted molar refractivity (Wildman–Crippen MR) is 62.4 cm³/mol. The number of alkyl halides is 3. The van der Waals surface area contributed by atoms with Crippen LogP contribution in [0.4, 0.5) is 0 Å². The molecule has 0 fully saturated rings. The molecule has 0 aromatic carbocycles. The highest BCUT2D eigenvalue weighted by atomic mass is 35.6. The fraction of sp³-hybridized carbons (Fsp3) is 0.375. The Morgan fingerprint density at radius 1 is 1.67 bits per heavy atom. The molecule has 2 atom stereocenters. The minimum Gasteiger partial charge on any atom is -0.379 e. The summed E-state index contributed by atoms with van der Waals surface area (Å²) in [7, 11) is -3.73. The summed E-state index contributed by atoms with van der Waals surface area (Å²) in [5, 5.41) is 9.51. The summed E-state index contributed by atoms with van der Waals surface area (Å²) >= 11 is 16.2. The van der Waals surface area contributed by atoms with Crippen LogP contribution in [0.15, 0.2) is 18.1 Å². The molecule has 84 valence electrons. The molecule has 3 nitrogen and oxygen atoms in total. The Kier molecular flexibility index (Phi) is 6.03. The Balaban J connectivity index is 5.05. The summed E-state index contributed by atoms with van der Waals surface area (Å²) in [6, 6.07) is 0. The van der Waals surface area contributed by atoms with E-state index < -0.39 is 17.0 Å². The van der Waals surface area contributed by atoms with Gasteiger partial charge in [-0.3, -0.25) is 4.57 Å². The van der Waals surface area contributed by atoms with Crippen LogP contribution in [0.3, 0.4) is 0 Å². The SMILES string of the molecule is C#CCOP(=O)(C=C=C)C(O)C(Cl)(Cl)Cl. The van der Waals surface area contributed by atoms with E-state index in [1.165, 1.54) is 0 Å². The lowest BCUT2D eigenvalue weighted by Gasteiger charge is -2.24. The van der Waals surface area contributed by atoms with Gasteiger partial charge in [-0.2, -0.15) is 0 Å². The molecule has 0 aliphatic rings. The number of halogens is 3. The maximum absolute atomic E-state index is 11.9. The zero-order chi connectivity index (χ0) is 12.1. The number of hydrogen-bond donors (Lipinski definition) is 1. The Hall–Kier alpha value is 0.1000. The second-order valence-corrected chi connectivity index (χ2v) is 7.04.